The molecule has 0 aromatic carbocycles. The highest BCUT2D eigenvalue weighted by Gasteiger charge is 2.35. The molecule has 1 fully saturated rings. The van der Waals surface area contributed by atoms with Crippen molar-refractivity contribution in [1.82, 2.24) is 4.90 Å². The number of hydrogen-bond acceptors (Lipinski definition) is 2. The van der Waals surface area contributed by atoms with Crippen LogP contribution in [0.3, 0.4) is 0 Å². The molecule has 15 heavy (non-hydrogen) atoms. The number of unbranched alkanes of at least 4 members (excludes halogenated alkanes) is 3. The minimum atomic E-state index is 0.228. The van der Waals surface area contributed by atoms with Crippen molar-refractivity contribution in [2.45, 2.75) is 57.9 Å². The van der Waals surface area contributed by atoms with Crippen LogP contribution in [0.4, 0.5) is 0 Å². The van der Waals surface area contributed by atoms with Crippen molar-refractivity contribution in [2.75, 3.05) is 6.54 Å². The van der Waals surface area contributed by atoms with Gasteiger partial charge in [0.25, 0.3) is 0 Å². The summed E-state index contributed by atoms with van der Waals surface area (Å²) in [7, 11) is 0. The third-order valence-corrected chi connectivity index (χ3v) is 3.55. The molecule has 2 heterocycles. The monoisotopic (exact) mass is 207 g/mol. The van der Waals surface area contributed by atoms with Crippen LogP contribution in [0.1, 0.15) is 51.9 Å². The van der Waals surface area contributed by atoms with Gasteiger partial charge in [0.15, 0.2) is 5.78 Å². The summed E-state index contributed by atoms with van der Waals surface area (Å²) in [6.45, 7) is 3.34. The second-order valence-corrected chi connectivity index (χ2v) is 4.70. The second kappa shape index (κ2) is 4.82. The van der Waals surface area contributed by atoms with Crippen molar-refractivity contribution in [2.24, 2.45) is 0 Å². The Balaban J connectivity index is 1.82. The van der Waals surface area contributed by atoms with E-state index in [0.29, 0.717) is 5.78 Å². The first-order chi connectivity index (χ1) is 7.33. The van der Waals surface area contributed by atoms with Gasteiger partial charge in [-0.3, -0.25) is 4.79 Å². The number of nitrogens with zero attached hydrogens (tertiary/aromatic N) is 1. The quantitative estimate of drug-likeness (QED) is 0.646. The molecule has 2 aliphatic heterocycles. The average Bonchev–Trinajstić information content (AvgIpc) is 2.79. The highest BCUT2D eigenvalue weighted by molar-refractivity contribution is 5.97. The number of fused-ring (bicyclic) bond motifs is 1. The molecule has 0 aromatic rings. The normalized spacial score (nSPS) is 24.6. The number of hydrogen-bond donors (Lipinski definition) is 0. The molecule has 0 aliphatic carbocycles. The molecule has 2 heteroatoms. The number of allylic oxidation sites excluding steroid dienone is 1. The van der Waals surface area contributed by atoms with Gasteiger partial charge >= 0.3 is 0 Å². The van der Waals surface area contributed by atoms with E-state index in [4.69, 9.17) is 0 Å². The summed E-state index contributed by atoms with van der Waals surface area (Å²) in [5.74, 6) is 0.359. The molecule has 84 valence electrons. The Kier molecular flexibility index (Phi) is 3.45. The van der Waals surface area contributed by atoms with Gasteiger partial charge in [0.2, 0.25) is 0 Å². The molecule has 1 saturated heterocycles. The van der Waals surface area contributed by atoms with Crippen LogP contribution < -0.4 is 0 Å². The van der Waals surface area contributed by atoms with Gasteiger partial charge in [-0.15, -0.1) is 0 Å². The Labute approximate surface area is 92.3 Å². The molecule has 1 unspecified atom stereocenters. The van der Waals surface area contributed by atoms with E-state index in [1.54, 1.807) is 0 Å². The van der Waals surface area contributed by atoms with E-state index < -0.39 is 0 Å². The van der Waals surface area contributed by atoms with E-state index in [0.717, 1.165) is 19.4 Å². The lowest BCUT2D eigenvalue weighted by Crippen LogP contribution is -2.27. The van der Waals surface area contributed by atoms with Gasteiger partial charge in [-0.1, -0.05) is 26.2 Å². The molecular formula is C13H21NO. The van der Waals surface area contributed by atoms with E-state index in [9.17, 15) is 4.79 Å². The zero-order chi connectivity index (χ0) is 10.7. The molecule has 0 saturated carbocycles. The summed E-state index contributed by atoms with van der Waals surface area (Å²) < 4.78 is 0. The Morgan fingerprint density at radius 1 is 1.40 bits per heavy atom. The Bertz CT molecular complexity index is 270. The smallest absolute Gasteiger partial charge is 0.179 e. The minimum Gasteiger partial charge on any atom is -0.364 e. The lowest BCUT2D eigenvalue weighted by atomic mass is 10.1. The summed E-state index contributed by atoms with van der Waals surface area (Å²) in [6.07, 6.45) is 10.4. The van der Waals surface area contributed by atoms with Crippen molar-refractivity contribution in [1.29, 1.82) is 0 Å². The predicted octanol–water partition coefficient (Wildman–Crippen LogP) is 2.89. The highest BCUT2D eigenvalue weighted by atomic mass is 16.1. The Morgan fingerprint density at radius 2 is 2.27 bits per heavy atom. The maximum absolute atomic E-state index is 11.6. The van der Waals surface area contributed by atoms with Crippen LogP contribution in [0, 0.1) is 0 Å². The van der Waals surface area contributed by atoms with E-state index in [1.807, 2.05) is 6.08 Å². The molecule has 2 nitrogen and oxygen atoms in total. The van der Waals surface area contributed by atoms with Crippen molar-refractivity contribution in [3.8, 4) is 0 Å². The number of carbonyl (C=O) groups is 1. The van der Waals surface area contributed by atoms with Crippen molar-refractivity contribution >= 4 is 5.78 Å². The summed E-state index contributed by atoms with van der Waals surface area (Å²) >= 11 is 0. The topological polar surface area (TPSA) is 20.3 Å². The van der Waals surface area contributed by atoms with Crippen LogP contribution in [0.5, 0.6) is 0 Å². The van der Waals surface area contributed by atoms with Gasteiger partial charge < -0.3 is 4.90 Å². The number of carbonyl (C=O) groups excluding carboxylic acids is 1. The van der Waals surface area contributed by atoms with E-state index in [2.05, 4.69) is 11.8 Å². The van der Waals surface area contributed by atoms with Crippen LogP contribution in [0.2, 0.25) is 0 Å². The minimum absolute atomic E-state index is 0.228. The Hall–Kier alpha value is -0.790. The maximum Gasteiger partial charge on any atom is 0.179 e. The first-order valence-corrected chi connectivity index (χ1v) is 6.34. The maximum atomic E-state index is 11.6. The zero-order valence-corrected chi connectivity index (χ0v) is 9.67. The molecule has 2 rings (SSSR count). The van der Waals surface area contributed by atoms with Crippen molar-refractivity contribution < 1.29 is 4.79 Å². The zero-order valence-electron chi connectivity index (χ0n) is 9.67. The summed E-state index contributed by atoms with van der Waals surface area (Å²) in [4.78, 5) is 14.0. The van der Waals surface area contributed by atoms with Crippen LogP contribution in [-0.4, -0.2) is 23.3 Å². The standard InChI is InChI=1S/C13H21NO/c1-2-3-4-5-7-11-10-13(15)12-8-6-9-14(11)12/h10,12H,2-9H2,1H3. The van der Waals surface area contributed by atoms with E-state index >= 15 is 0 Å². The molecule has 2 aliphatic rings. The molecule has 0 spiro atoms. The second-order valence-electron chi connectivity index (χ2n) is 4.70. The molecule has 0 N–H and O–H groups in total. The largest absolute Gasteiger partial charge is 0.364 e. The summed E-state index contributed by atoms with van der Waals surface area (Å²) in [5.41, 5.74) is 1.32. The fraction of sp³-hybridized carbons (Fsp3) is 0.769. The van der Waals surface area contributed by atoms with Crippen molar-refractivity contribution in [3.05, 3.63) is 11.8 Å². The first-order valence-electron chi connectivity index (χ1n) is 6.34. The highest BCUT2D eigenvalue weighted by Crippen LogP contribution is 2.31. The lowest BCUT2D eigenvalue weighted by molar-refractivity contribution is -0.116. The van der Waals surface area contributed by atoms with Gasteiger partial charge in [0, 0.05) is 18.3 Å². The summed E-state index contributed by atoms with van der Waals surface area (Å²) in [5, 5.41) is 0. The van der Waals surface area contributed by atoms with E-state index in [-0.39, 0.29) is 6.04 Å². The van der Waals surface area contributed by atoms with Gasteiger partial charge in [-0.05, 0) is 25.7 Å². The molecule has 1 atom stereocenters. The lowest BCUT2D eigenvalue weighted by Gasteiger charge is -2.21. The third kappa shape index (κ3) is 2.24. The van der Waals surface area contributed by atoms with Crippen LogP contribution in [0.15, 0.2) is 11.8 Å². The molecular weight excluding hydrogens is 186 g/mol. The van der Waals surface area contributed by atoms with Crippen LogP contribution >= 0.6 is 0 Å². The fourth-order valence-electron chi connectivity index (χ4n) is 2.70. The third-order valence-electron chi connectivity index (χ3n) is 3.55. The first kappa shape index (κ1) is 10.7. The predicted molar refractivity (Wildman–Crippen MR) is 61.6 cm³/mol. The molecule has 0 radical (unpaired) electrons. The molecule has 0 amide bonds. The van der Waals surface area contributed by atoms with Gasteiger partial charge in [0.05, 0.1) is 6.04 Å². The van der Waals surface area contributed by atoms with E-state index in [1.165, 1.54) is 37.8 Å². The van der Waals surface area contributed by atoms with Crippen molar-refractivity contribution in [3.63, 3.8) is 0 Å². The van der Waals surface area contributed by atoms with Crippen LogP contribution in [-0.2, 0) is 4.79 Å². The average molecular weight is 207 g/mol. The van der Waals surface area contributed by atoms with Crippen LogP contribution in [0.25, 0.3) is 0 Å². The summed E-state index contributed by atoms with van der Waals surface area (Å²) in [6, 6.07) is 0.228. The van der Waals surface area contributed by atoms with Gasteiger partial charge in [-0.2, -0.15) is 0 Å². The molecule has 0 bridgehead atoms. The van der Waals surface area contributed by atoms with Gasteiger partial charge in [-0.25, -0.2) is 0 Å². The Morgan fingerprint density at radius 3 is 3.07 bits per heavy atom. The fourth-order valence-corrected chi connectivity index (χ4v) is 2.70. The SMILES string of the molecule is CCCCCCC1=CC(=O)C2CCCN12. The number of ketones is 1. The van der Waals surface area contributed by atoms with Gasteiger partial charge in [0.1, 0.15) is 0 Å². The molecule has 0 aromatic heterocycles. The number of rotatable bonds is 5.